The highest BCUT2D eigenvalue weighted by molar-refractivity contribution is 7.98. The standard InChI is InChI=1S/C25H23ClN4O2S/c1-14(31)27-23-21(12-15-4-7-17(26)8-5-15)24-28-25(33-3)20-10-6-16-13-18(32-2)9-11-19(16)22(20)30(24)29-23/h4-5,7-9,11,13H,6,10,12H2,1-3H3,(H,27,29,31). The number of halogens is 1. The molecule has 0 radical (unpaired) electrons. The lowest BCUT2D eigenvalue weighted by atomic mass is 9.89. The summed E-state index contributed by atoms with van der Waals surface area (Å²) < 4.78 is 7.35. The van der Waals surface area contributed by atoms with E-state index < -0.39 is 0 Å². The van der Waals surface area contributed by atoms with Gasteiger partial charge in [-0.15, -0.1) is 16.9 Å². The lowest BCUT2D eigenvalue weighted by Gasteiger charge is -2.22. The normalized spacial score (nSPS) is 12.4. The summed E-state index contributed by atoms with van der Waals surface area (Å²) in [4.78, 5) is 17.0. The smallest absolute Gasteiger partial charge is 0.222 e. The molecule has 0 spiro atoms. The molecule has 33 heavy (non-hydrogen) atoms. The molecule has 6 nitrogen and oxygen atoms in total. The predicted octanol–water partition coefficient (Wildman–Crippen LogP) is 5.43. The Morgan fingerprint density at radius 1 is 1.21 bits per heavy atom. The van der Waals surface area contributed by atoms with Crippen molar-refractivity contribution in [1.29, 1.82) is 0 Å². The van der Waals surface area contributed by atoms with Gasteiger partial charge in [0, 0.05) is 35.1 Å². The van der Waals surface area contributed by atoms with E-state index in [9.17, 15) is 4.79 Å². The topological polar surface area (TPSA) is 68.5 Å². The summed E-state index contributed by atoms with van der Waals surface area (Å²) in [6.07, 6.45) is 4.41. The van der Waals surface area contributed by atoms with E-state index in [1.54, 1.807) is 18.9 Å². The number of aryl methyl sites for hydroxylation is 1. The second kappa shape index (κ2) is 8.72. The third kappa shape index (κ3) is 3.96. The molecule has 2 aromatic carbocycles. The number of benzene rings is 2. The molecule has 1 aliphatic carbocycles. The zero-order valence-corrected chi connectivity index (χ0v) is 20.2. The molecule has 168 valence electrons. The lowest BCUT2D eigenvalue weighted by Crippen LogP contribution is -2.12. The maximum atomic E-state index is 12.0. The minimum atomic E-state index is -0.167. The van der Waals surface area contributed by atoms with Crippen LogP contribution in [-0.4, -0.2) is 33.9 Å². The molecule has 1 aliphatic rings. The van der Waals surface area contributed by atoms with Crippen LogP contribution >= 0.6 is 23.4 Å². The van der Waals surface area contributed by atoms with Gasteiger partial charge in [0.1, 0.15) is 10.8 Å². The third-order valence-corrected chi connectivity index (χ3v) is 6.89. The summed E-state index contributed by atoms with van der Waals surface area (Å²) in [6.45, 7) is 1.49. The molecule has 5 rings (SSSR count). The van der Waals surface area contributed by atoms with E-state index in [-0.39, 0.29) is 5.91 Å². The van der Waals surface area contributed by atoms with Gasteiger partial charge in [0.25, 0.3) is 0 Å². The van der Waals surface area contributed by atoms with E-state index in [2.05, 4.69) is 17.4 Å². The predicted molar refractivity (Wildman–Crippen MR) is 133 cm³/mol. The van der Waals surface area contributed by atoms with Crippen LogP contribution in [0.25, 0.3) is 16.9 Å². The Kier molecular flexibility index (Phi) is 5.76. The number of nitrogens with one attached hydrogen (secondary N) is 1. The number of thioether (sulfide) groups is 1. The number of hydrogen-bond donors (Lipinski definition) is 1. The van der Waals surface area contributed by atoms with Crippen LogP contribution in [0.5, 0.6) is 5.75 Å². The van der Waals surface area contributed by atoms with E-state index in [1.165, 1.54) is 18.1 Å². The summed E-state index contributed by atoms with van der Waals surface area (Å²) in [5, 5.41) is 9.45. The molecule has 2 aromatic heterocycles. The zero-order valence-electron chi connectivity index (χ0n) is 18.6. The molecule has 0 saturated carbocycles. The van der Waals surface area contributed by atoms with Crippen molar-refractivity contribution in [3.05, 3.63) is 69.7 Å². The van der Waals surface area contributed by atoms with Crippen LogP contribution in [0.4, 0.5) is 5.82 Å². The fourth-order valence-electron chi connectivity index (χ4n) is 4.41. The van der Waals surface area contributed by atoms with Crippen LogP contribution in [0.3, 0.4) is 0 Å². The molecule has 0 bridgehead atoms. The number of hydrogen-bond acceptors (Lipinski definition) is 5. The van der Waals surface area contributed by atoms with Gasteiger partial charge in [-0.05, 0) is 60.6 Å². The number of nitrogens with zero attached hydrogens (tertiary/aromatic N) is 3. The van der Waals surface area contributed by atoms with Crippen LogP contribution in [0.15, 0.2) is 47.5 Å². The number of ether oxygens (including phenoxy) is 1. The zero-order chi connectivity index (χ0) is 23.1. The minimum Gasteiger partial charge on any atom is -0.497 e. The van der Waals surface area contributed by atoms with Crippen molar-refractivity contribution in [3.8, 4) is 17.0 Å². The number of fused-ring (bicyclic) bond motifs is 5. The van der Waals surface area contributed by atoms with E-state index in [0.29, 0.717) is 17.3 Å². The molecule has 4 aromatic rings. The minimum absolute atomic E-state index is 0.167. The fraction of sp³-hybridized carbons (Fsp3) is 0.240. The van der Waals surface area contributed by atoms with Crippen molar-refractivity contribution >= 4 is 40.7 Å². The number of aromatic nitrogens is 3. The van der Waals surface area contributed by atoms with Crippen molar-refractivity contribution < 1.29 is 9.53 Å². The first-order chi connectivity index (χ1) is 16.0. The highest BCUT2D eigenvalue weighted by Gasteiger charge is 2.27. The molecule has 0 unspecified atom stereocenters. The Morgan fingerprint density at radius 2 is 2.00 bits per heavy atom. The first-order valence-electron chi connectivity index (χ1n) is 10.7. The van der Waals surface area contributed by atoms with Gasteiger partial charge < -0.3 is 10.1 Å². The quantitative estimate of drug-likeness (QED) is 0.306. The van der Waals surface area contributed by atoms with Crippen molar-refractivity contribution in [2.75, 3.05) is 18.7 Å². The van der Waals surface area contributed by atoms with Crippen LogP contribution in [0, 0.1) is 0 Å². The second-order valence-electron chi connectivity index (χ2n) is 8.02. The number of carbonyl (C=O) groups is 1. The molecule has 0 atom stereocenters. The molecular weight excluding hydrogens is 456 g/mol. The molecule has 1 N–H and O–H groups in total. The highest BCUT2D eigenvalue weighted by atomic mass is 35.5. The average Bonchev–Trinajstić information content (AvgIpc) is 3.14. The van der Waals surface area contributed by atoms with Crippen molar-refractivity contribution in [2.24, 2.45) is 0 Å². The van der Waals surface area contributed by atoms with Crippen molar-refractivity contribution in [1.82, 2.24) is 14.6 Å². The first-order valence-corrected chi connectivity index (χ1v) is 12.3. The number of rotatable bonds is 5. The summed E-state index contributed by atoms with van der Waals surface area (Å²) in [7, 11) is 1.68. The van der Waals surface area contributed by atoms with Crippen molar-refractivity contribution in [2.45, 2.75) is 31.2 Å². The van der Waals surface area contributed by atoms with Gasteiger partial charge in [0.2, 0.25) is 5.91 Å². The number of anilines is 1. The monoisotopic (exact) mass is 478 g/mol. The molecule has 0 saturated heterocycles. The summed E-state index contributed by atoms with van der Waals surface area (Å²) >= 11 is 7.72. The van der Waals surface area contributed by atoms with Crippen molar-refractivity contribution in [3.63, 3.8) is 0 Å². The van der Waals surface area contributed by atoms with E-state index >= 15 is 0 Å². The van der Waals surface area contributed by atoms with E-state index in [4.69, 9.17) is 26.4 Å². The third-order valence-electron chi connectivity index (χ3n) is 5.91. The van der Waals surface area contributed by atoms with Gasteiger partial charge in [0.05, 0.1) is 12.8 Å². The molecular formula is C25H23ClN4O2S. The number of carbonyl (C=O) groups excluding carboxylic acids is 1. The van der Waals surface area contributed by atoms with E-state index in [1.807, 2.05) is 41.1 Å². The highest BCUT2D eigenvalue weighted by Crippen LogP contribution is 2.40. The Labute approximate surface area is 201 Å². The van der Waals surface area contributed by atoms with Gasteiger partial charge >= 0.3 is 0 Å². The van der Waals surface area contributed by atoms with Crippen LogP contribution in [-0.2, 0) is 24.1 Å². The summed E-state index contributed by atoms with van der Waals surface area (Å²) in [5.74, 6) is 1.21. The molecule has 0 fully saturated rings. The summed E-state index contributed by atoms with van der Waals surface area (Å²) in [5.41, 5.74) is 7.25. The van der Waals surface area contributed by atoms with Gasteiger partial charge in [-0.1, -0.05) is 23.7 Å². The van der Waals surface area contributed by atoms with Crippen LogP contribution < -0.4 is 10.1 Å². The Bertz CT molecular complexity index is 1380. The van der Waals surface area contributed by atoms with Gasteiger partial charge in [-0.2, -0.15) is 0 Å². The van der Waals surface area contributed by atoms with Crippen LogP contribution in [0.2, 0.25) is 5.02 Å². The van der Waals surface area contributed by atoms with Gasteiger partial charge in [0.15, 0.2) is 11.5 Å². The SMILES string of the molecule is COc1ccc2c(c1)CCc1c(SC)nc3c(Cc4ccc(Cl)cc4)c(NC(C)=O)nn3c1-2. The second-order valence-corrected chi connectivity index (χ2v) is 9.25. The Hall–Kier alpha value is -3.03. The van der Waals surface area contributed by atoms with E-state index in [0.717, 1.165) is 51.6 Å². The average molecular weight is 479 g/mol. The fourth-order valence-corrected chi connectivity index (χ4v) is 5.16. The Morgan fingerprint density at radius 3 is 2.70 bits per heavy atom. The number of amides is 1. The van der Waals surface area contributed by atoms with Crippen LogP contribution in [0.1, 0.15) is 29.2 Å². The maximum absolute atomic E-state index is 12.0. The lowest BCUT2D eigenvalue weighted by molar-refractivity contribution is -0.114. The largest absolute Gasteiger partial charge is 0.497 e. The van der Waals surface area contributed by atoms with Gasteiger partial charge in [-0.25, -0.2) is 9.50 Å². The maximum Gasteiger partial charge on any atom is 0.222 e. The summed E-state index contributed by atoms with van der Waals surface area (Å²) in [6, 6.07) is 13.9. The number of methoxy groups -OCH3 is 1. The Balaban J connectivity index is 1.77. The van der Waals surface area contributed by atoms with Gasteiger partial charge in [-0.3, -0.25) is 4.79 Å². The molecule has 0 aliphatic heterocycles. The molecule has 1 amide bonds. The molecule has 8 heteroatoms. The first kappa shape index (κ1) is 21.8. The molecule has 2 heterocycles.